The minimum atomic E-state index is -3.92. The van der Waals surface area contributed by atoms with Crippen LogP contribution in [0.2, 0.25) is 5.02 Å². The molecule has 0 aromatic heterocycles. The fraction of sp³-hybridized carbons (Fsp3) is 0.310. The van der Waals surface area contributed by atoms with Crippen molar-refractivity contribution in [2.24, 2.45) is 0 Å². The highest BCUT2D eigenvalue weighted by molar-refractivity contribution is 7.92. The zero-order valence-electron chi connectivity index (χ0n) is 22.4. The zero-order chi connectivity index (χ0) is 29.4. The van der Waals surface area contributed by atoms with Crippen molar-refractivity contribution in [1.82, 2.24) is 10.2 Å². The lowest BCUT2D eigenvalue weighted by Crippen LogP contribution is -2.50. The molecule has 2 amide bonds. The zero-order valence-corrected chi connectivity index (χ0v) is 24.0. The Kier molecular flexibility index (Phi) is 10.2. The topological polar surface area (TPSA) is 114 Å². The Morgan fingerprint density at radius 2 is 1.76 bits per heavy atom. The summed E-state index contributed by atoms with van der Waals surface area (Å²) in [5.41, 5.74) is 0.997. The molecule has 0 unspecified atom stereocenters. The van der Waals surface area contributed by atoms with Gasteiger partial charge >= 0.3 is 0 Å². The van der Waals surface area contributed by atoms with Gasteiger partial charge in [-0.3, -0.25) is 14.3 Å². The summed E-state index contributed by atoms with van der Waals surface area (Å²) in [4.78, 5) is 27.6. The largest absolute Gasteiger partial charge is 0.484 e. The van der Waals surface area contributed by atoms with E-state index >= 15 is 0 Å². The minimum Gasteiger partial charge on any atom is -0.484 e. The van der Waals surface area contributed by atoms with E-state index in [4.69, 9.17) is 21.1 Å². The van der Waals surface area contributed by atoms with Crippen molar-refractivity contribution in [1.29, 1.82) is 0 Å². The predicted octanol–water partition coefficient (Wildman–Crippen LogP) is 4.37. The second-order valence-corrected chi connectivity index (χ2v) is 11.7. The van der Waals surface area contributed by atoms with Crippen LogP contribution in [0.4, 0.5) is 10.1 Å². The second kappa shape index (κ2) is 13.8. The van der Waals surface area contributed by atoms with Crippen molar-refractivity contribution in [2.75, 3.05) is 24.5 Å². The number of halogens is 2. The Morgan fingerprint density at radius 3 is 2.39 bits per heavy atom. The van der Waals surface area contributed by atoms with Crippen LogP contribution in [-0.4, -0.2) is 57.0 Å². The van der Waals surface area contributed by atoms with Crippen molar-refractivity contribution in [3.05, 3.63) is 89.2 Å². The maximum atomic E-state index is 13.3. The van der Waals surface area contributed by atoms with Gasteiger partial charge in [-0.2, -0.15) is 0 Å². The molecule has 1 saturated heterocycles. The monoisotopic (exact) mass is 603 g/mol. The third kappa shape index (κ3) is 8.66. The van der Waals surface area contributed by atoms with Crippen molar-refractivity contribution >= 4 is 39.1 Å². The SMILES string of the molecule is C[C@H](C(=O)NC[C@@H]1CCCO1)N(Cc1ccc(Cl)cc1)C(=O)COc1ccc(S(=O)(=O)Nc2ccc(F)cc2)cc1. The van der Waals surface area contributed by atoms with E-state index in [2.05, 4.69) is 10.0 Å². The van der Waals surface area contributed by atoms with Gasteiger partial charge < -0.3 is 19.7 Å². The fourth-order valence-corrected chi connectivity index (χ4v) is 5.40. The van der Waals surface area contributed by atoms with Gasteiger partial charge in [-0.25, -0.2) is 12.8 Å². The van der Waals surface area contributed by atoms with E-state index in [0.29, 0.717) is 18.2 Å². The van der Waals surface area contributed by atoms with Crippen LogP contribution in [0.5, 0.6) is 5.75 Å². The third-order valence-electron chi connectivity index (χ3n) is 6.55. The van der Waals surface area contributed by atoms with Crippen molar-refractivity contribution < 1.29 is 31.9 Å². The van der Waals surface area contributed by atoms with Crippen LogP contribution in [0.25, 0.3) is 0 Å². The van der Waals surface area contributed by atoms with Gasteiger partial charge in [0.1, 0.15) is 17.6 Å². The van der Waals surface area contributed by atoms with E-state index in [9.17, 15) is 22.4 Å². The average molecular weight is 604 g/mol. The molecule has 218 valence electrons. The molecule has 3 aromatic rings. The molecule has 0 radical (unpaired) electrons. The normalized spacial score (nSPS) is 15.6. The summed E-state index contributed by atoms with van der Waals surface area (Å²) < 4.78 is 52.0. The summed E-state index contributed by atoms with van der Waals surface area (Å²) in [5.74, 6) is -0.967. The Balaban J connectivity index is 1.39. The van der Waals surface area contributed by atoms with Crippen LogP contribution < -0.4 is 14.8 Å². The lowest BCUT2D eigenvalue weighted by Gasteiger charge is -2.29. The van der Waals surface area contributed by atoms with E-state index in [-0.39, 0.29) is 41.5 Å². The Morgan fingerprint density at radius 1 is 1.07 bits per heavy atom. The number of rotatable bonds is 12. The summed E-state index contributed by atoms with van der Waals surface area (Å²) in [5, 5.41) is 3.42. The number of nitrogens with one attached hydrogen (secondary N) is 2. The highest BCUT2D eigenvalue weighted by atomic mass is 35.5. The molecular weight excluding hydrogens is 573 g/mol. The molecule has 1 fully saturated rings. The maximum absolute atomic E-state index is 13.3. The van der Waals surface area contributed by atoms with Crippen LogP contribution in [0.3, 0.4) is 0 Å². The number of benzene rings is 3. The first kappa shape index (κ1) is 30.3. The van der Waals surface area contributed by atoms with Crippen molar-refractivity contribution in [3.8, 4) is 5.75 Å². The quantitative estimate of drug-likeness (QED) is 0.318. The fourth-order valence-electron chi connectivity index (χ4n) is 4.21. The molecule has 2 atom stereocenters. The lowest BCUT2D eigenvalue weighted by atomic mass is 10.1. The maximum Gasteiger partial charge on any atom is 0.261 e. The molecule has 41 heavy (non-hydrogen) atoms. The molecule has 1 aliphatic heterocycles. The van der Waals surface area contributed by atoms with E-state index in [1.54, 1.807) is 31.2 Å². The van der Waals surface area contributed by atoms with E-state index in [0.717, 1.165) is 30.5 Å². The minimum absolute atomic E-state index is 0.0347. The van der Waals surface area contributed by atoms with Gasteiger partial charge in [0.15, 0.2) is 6.61 Å². The number of anilines is 1. The Labute approximate surface area is 243 Å². The first-order valence-electron chi connectivity index (χ1n) is 13.1. The number of carbonyl (C=O) groups excluding carboxylic acids is 2. The summed E-state index contributed by atoms with van der Waals surface area (Å²) >= 11 is 6.00. The Bertz CT molecular complexity index is 1430. The molecule has 9 nitrogen and oxygen atoms in total. The highest BCUT2D eigenvalue weighted by Gasteiger charge is 2.27. The van der Waals surface area contributed by atoms with Crippen molar-refractivity contribution in [2.45, 2.75) is 43.4 Å². The second-order valence-electron chi connectivity index (χ2n) is 9.58. The number of amides is 2. The van der Waals surface area contributed by atoms with E-state index < -0.39 is 27.8 Å². The molecule has 1 aliphatic rings. The standard InChI is InChI=1S/C29H31ClFN3O6S/c1-20(29(36)32-17-26-3-2-16-39-26)34(18-21-4-6-22(30)7-5-21)28(35)19-40-25-12-14-27(15-13-25)41(37,38)33-24-10-8-23(31)9-11-24/h4-15,20,26,33H,2-3,16-19H2,1H3,(H,32,36)/t20-,26+/m1/s1. The molecule has 1 heterocycles. The molecule has 2 N–H and O–H groups in total. The molecule has 0 aliphatic carbocycles. The molecule has 0 saturated carbocycles. The first-order valence-corrected chi connectivity index (χ1v) is 14.9. The van der Waals surface area contributed by atoms with Gasteiger partial charge in [0.05, 0.1) is 11.0 Å². The van der Waals surface area contributed by atoms with Crippen LogP contribution in [0.1, 0.15) is 25.3 Å². The highest BCUT2D eigenvalue weighted by Crippen LogP contribution is 2.20. The number of hydrogen-bond donors (Lipinski definition) is 2. The van der Waals surface area contributed by atoms with Gasteiger partial charge in [0.2, 0.25) is 5.91 Å². The third-order valence-corrected chi connectivity index (χ3v) is 8.20. The van der Waals surface area contributed by atoms with Crippen LogP contribution in [-0.2, 0) is 30.9 Å². The van der Waals surface area contributed by atoms with E-state index in [1.807, 2.05) is 0 Å². The van der Waals surface area contributed by atoms with Crippen LogP contribution >= 0.6 is 11.6 Å². The van der Waals surface area contributed by atoms with Gasteiger partial charge in [-0.05, 0) is 86.0 Å². The number of nitrogens with zero attached hydrogens (tertiary/aromatic N) is 1. The smallest absolute Gasteiger partial charge is 0.261 e. The molecule has 12 heteroatoms. The number of hydrogen-bond acceptors (Lipinski definition) is 6. The summed E-state index contributed by atoms with van der Waals surface area (Å²) in [6, 6.07) is 16.6. The Hall–Kier alpha value is -3.67. The van der Waals surface area contributed by atoms with E-state index in [1.165, 1.54) is 41.3 Å². The number of carbonyl (C=O) groups is 2. The summed E-state index contributed by atoms with van der Waals surface area (Å²) in [6.45, 7) is 2.46. The van der Waals surface area contributed by atoms with Crippen LogP contribution in [0.15, 0.2) is 77.7 Å². The predicted molar refractivity (Wildman–Crippen MR) is 153 cm³/mol. The summed E-state index contributed by atoms with van der Waals surface area (Å²) in [6.07, 6.45) is 1.79. The lowest BCUT2D eigenvalue weighted by molar-refractivity contribution is -0.142. The van der Waals surface area contributed by atoms with Gasteiger partial charge in [-0.1, -0.05) is 23.7 Å². The number of ether oxygens (including phenoxy) is 2. The van der Waals surface area contributed by atoms with Gasteiger partial charge in [0, 0.05) is 30.4 Å². The van der Waals surface area contributed by atoms with Crippen LogP contribution in [0, 0.1) is 5.82 Å². The number of sulfonamides is 1. The first-order chi connectivity index (χ1) is 19.6. The molecule has 0 spiro atoms. The summed E-state index contributed by atoms with van der Waals surface area (Å²) in [7, 11) is -3.92. The molecule has 0 bridgehead atoms. The average Bonchev–Trinajstić information content (AvgIpc) is 3.49. The molecule has 3 aromatic carbocycles. The van der Waals surface area contributed by atoms with Gasteiger partial charge in [0.25, 0.3) is 15.9 Å². The molecular formula is C29H31ClFN3O6S. The van der Waals surface area contributed by atoms with Gasteiger partial charge in [-0.15, -0.1) is 0 Å². The molecule has 4 rings (SSSR count). The van der Waals surface area contributed by atoms with Crippen molar-refractivity contribution in [3.63, 3.8) is 0 Å².